The second-order valence-corrected chi connectivity index (χ2v) is 7.23. The molecule has 3 aromatic rings. The minimum Gasteiger partial charge on any atom is -0.406 e. The highest BCUT2D eigenvalue weighted by molar-refractivity contribution is 7.15. The molecule has 0 atom stereocenters. The quantitative estimate of drug-likeness (QED) is 0.629. The molecule has 0 aliphatic carbocycles. The van der Waals surface area contributed by atoms with Crippen LogP contribution in [0.5, 0.6) is 5.75 Å². The number of anilines is 3. The maximum Gasteiger partial charge on any atom is 0.573 e. The number of alkyl halides is 3. The van der Waals surface area contributed by atoms with Crippen LogP contribution in [0.25, 0.3) is 0 Å². The van der Waals surface area contributed by atoms with Crippen molar-refractivity contribution in [2.45, 2.75) is 19.7 Å². The zero-order valence-electron chi connectivity index (χ0n) is 13.7. The fourth-order valence-electron chi connectivity index (χ4n) is 1.98. The summed E-state index contributed by atoms with van der Waals surface area (Å²) < 4.78 is 40.3. The third kappa shape index (κ3) is 5.89. The number of nitrogens with one attached hydrogen (secondary N) is 2. The molecule has 0 aliphatic heterocycles. The molecule has 0 saturated heterocycles. The van der Waals surface area contributed by atoms with Crippen molar-refractivity contribution in [1.82, 2.24) is 15.2 Å². The zero-order chi connectivity index (χ0) is 19.4. The Balaban J connectivity index is 1.55. The van der Waals surface area contributed by atoms with Crippen LogP contribution in [0, 0.1) is 6.92 Å². The first-order valence-electron chi connectivity index (χ1n) is 7.44. The van der Waals surface area contributed by atoms with Gasteiger partial charge in [-0.2, -0.15) is 0 Å². The van der Waals surface area contributed by atoms with Crippen LogP contribution < -0.4 is 15.4 Å². The largest absolute Gasteiger partial charge is 0.573 e. The smallest absolute Gasteiger partial charge is 0.406 e. The standard InChI is InChI=1S/C15H12F3N5O2S2/c1-8-22-23-14(27-8)21-12(24)6-10-7-26-13(20-10)19-9-2-4-11(5-3-9)25-15(16,17)18/h2-5,7H,6H2,1H3,(H,19,20)(H,21,23,24). The molecule has 0 unspecified atom stereocenters. The number of hydrogen-bond acceptors (Lipinski definition) is 8. The Morgan fingerprint density at radius 2 is 1.93 bits per heavy atom. The number of ether oxygens (including phenoxy) is 1. The van der Waals surface area contributed by atoms with Gasteiger partial charge >= 0.3 is 6.36 Å². The highest BCUT2D eigenvalue weighted by Crippen LogP contribution is 2.26. The van der Waals surface area contributed by atoms with E-state index in [1.807, 2.05) is 0 Å². The van der Waals surface area contributed by atoms with E-state index in [-0.39, 0.29) is 18.1 Å². The van der Waals surface area contributed by atoms with Gasteiger partial charge in [-0.3, -0.25) is 4.79 Å². The lowest BCUT2D eigenvalue weighted by Gasteiger charge is -2.09. The van der Waals surface area contributed by atoms with E-state index in [1.54, 1.807) is 12.3 Å². The van der Waals surface area contributed by atoms with Crippen LogP contribution in [0.1, 0.15) is 10.7 Å². The van der Waals surface area contributed by atoms with Crippen LogP contribution in [-0.4, -0.2) is 27.5 Å². The van der Waals surface area contributed by atoms with Gasteiger partial charge in [0.2, 0.25) is 11.0 Å². The van der Waals surface area contributed by atoms with E-state index in [1.165, 1.54) is 46.9 Å². The fourth-order valence-corrected chi connectivity index (χ4v) is 3.32. The first-order valence-corrected chi connectivity index (χ1v) is 9.14. The second kappa shape index (κ2) is 7.88. The number of thiazole rings is 1. The Morgan fingerprint density at radius 1 is 1.19 bits per heavy atom. The van der Waals surface area contributed by atoms with Gasteiger partial charge in [-0.25, -0.2) is 4.98 Å². The SMILES string of the molecule is Cc1nnc(NC(=O)Cc2csc(Nc3ccc(OC(F)(F)F)cc3)n2)s1. The van der Waals surface area contributed by atoms with E-state index >= 15 is 0 Å². The normalized spacial score (nSPS) is 11.3. The van der Waals surface area contributed by atoms with Crippen LogP contribution in [0.15, 0.2) is 29.6 Å². The molecular weight excluding hydrogens is 403 g/mol. The summed E-state index contributed by atoms with van der Waals surface area (Å²) in [5.41, 5.74) is 1.09. The highest BCUT2D eigenvalue weighted by Gasteiger charge is 2.30. The van der Waals surface area contributed by atoms with Crippen molar-refractivity contribution in [3.8, 4) is 5.75 Å². The van der Waals surface area contributed by atoms with E-state index in [2.05, 4.69) is 30.6 Å². The average Bonchev–Trinajstić information content (AvgIpc) is 3.17. The van der Waals surface area contributed by atoms with Gasteiger partial charge in [0.1, 0.15) is 10.8 Å². The Morgan fingerprint density at radius 3 is 2.56 bits per heavy atom. The van der Waals surface area contributed by atoms with Crippen molar-refractivity contribution in [3.05, 3.63) is 40.3 Å². The summed E-state index contributed by atoms with van der Waals surface area (Å²) in [6.45, 7) is 1.79. The van der Waals surface area contributed by atoms with E-state index in [0.29, 0.717) is 21.6 Å². The van der Waals surface area contributed by atoms with E-state index < -0.39 is 6.36 Å². The predicted octanol–water partition coefficient (Wildman–Crippen LogP) is 4.13. The Kier molecular flexibility index (Phi) is 5.56. The van der Waals surface area contributed by atoms with Crippen LogP contribution in [0.2, 0.25) is 0 Å². The molecular formula is C15H12F3N5O2S2. The third-order valence-corrected chi connectivity index (χ3v) is 4.57. The number of hydrogen-bond donors (Lipinski definition) is 2. The molecule has 0 saturated carbocycles. The van der Waals surface area contributed by atoms with Gasteiger partial charge in [-0.1, -0.05) is 11.3 Å². The molecule has 0 spiro atoms. The minimum atomic E-state index is -4.73. The zero-order valence-corrected chi connectivity index (χ0v) is 15.3. The van der Waals surface area contributed by atoms with Crippen molar-refractivity contribution in [3.63, 3.8) is 0 Å². The average molecular weight is 415 g/mol. The number of benzene rings is 1. The number of nitrogens with zero attached hydrogens (tertiary/aromatic N) is 3. The van der Waals surface area contributed by atoms with Crippen molar-refractivity contribution >= 4 is 44.5 Å². The molecule has 142 valence electrons. The van der Waals surface area contributed by atoms with Crippen LogP contribution in [0.3, 0.4) is 0 Å². The number of amides is 1. The summed E-state index contributed by atoms with van der Waals surface area (Å²) in [6, 6.07) is 5.27. The van der Waals surface area contributed by atoms with Gasteiger partial charge < -0.3 is 15.4 Å². The lowest BCUT2D eigenvalue weighted by atomic mass is 10.3. The summed E-state index contributed by atoms with van der Waals surface area (Å²) in [5.74, 6) is -0.576. The van der Waals surface area contributed by atoms with E-state index in [4.69, 9.17) is 0 Å². The first-order chi connectivity index (χ1) is 12.8. The summed E-state index contributed by atoms with van der Waals surface area (Å²) in [5, 5.41) is 16.6. The highest BCUT2D eigenvalue weighted by atomic mass is 32.1. The molecule has 7 nitrogen and oxygen atoms in total. The number of halogens is 3. The summed E-state index contributed by atoms with van der Waals surface area (Å²) >= 11 is 2.55. The number of rotatable bonds is 6. The fraction of sp³-hybridized carbons (Fsp3) is 0.200. The van der Waals surface area contributed by atoms with Crippen molar-refractivity contribution in [2.75, 3.05) is 10.6 Å². The molecule has 2 heterocycles. The summed E-state index contributed by atoms with van der Waals surface area (Å²) in [6.07, 6.45) is -4.66. The molecule has 0 fully saturated rings. The topological polar surface area (TPSA) is 89.0 Å². The molecule has 3 rings (SSSR count). The molecule has 1 aromatic carbocycles. The number of carbonyl (C=O) groups excluding carboxylic acids is 1. The third-order valence-electron chi connectivity index (χ3n) is 3.00. The molecule has 2 aromatic heterocycles. The van der Waals surface area contributed by atoms with Crippen LogP contribution >= 0.6 is 22.7 Å². The number of aromatic nitrogens is 3. The molecule has 2 N–H and O–H groups in total. The lowest BCUT2D eigenvalue weighted by Crippen LogP contribution is -2.16. The van der Waals surface area contributed by atoms with Gasteiger partial charge in [0.15, 0.2) is 5.13 Å². The van der Waals surface area contributed by atoms with Gasteiger partial charge in [-0.15, -0.1) is 34.7 Å². The first kappa shape index (κ1) is 19.0. The van der Waals surface area contributed by atoms with Gasteiger partial charge in [0.25, 0.3) is 0 Å². The lowest BCUT2D eigenvalue weighted by molar-refractivity contribution is -0.274. The maximum absolute atomic E-state index is 12.1. The number of aryl methyl sites for hydroxylation is 1. The van der Waals surface area contributed by atoms with Crippen molar-refractivity contribution in [2.24, 2.45) is 0 Å². The number of carbonyl (C=O) groups is 1. The second-order valence-electron chi connectivity index (χ2n) is 5.19. The van der Waals surface area contributed by atoms with Crippen LogP contribution in [-0.2, 0) is 11.2 Å². The van der Waals surface area contributed by atoms with Gasteiger partial charge in [0, 0.05) is 11.1 Å². The minimum absolute atomic E-state index is 0.0647. The predicted molar refractivity (Wildman–Crippen MR) is 95.5 cm³/mol. The molecule has 1 amide bonds. The Labute approximate surface area is 159 Å². The molecule has 0 radical (unpaired) electrons. The van der Waals surface area contributed by atoms with Crippen molar-refractivity contribution < 1.29 is 22.7 Å². The Bertz CT molecular complexity index is 924. The summed E-state index contributed by atoms with van der Waals surface area (Å²) in [7, 11) is 0. The summed E-state index contributed by atoms with van der Waals surface area (Å²) in [4.78, 5) is 16.3. The van der Waals surface area contributed by atoms with Gasteiger partial charge in [-0.05, 0) is 31.2 Å². The molecule has 27 heavy (non-hydrogen) atoms. The molecule has 0 bridgehead atoms. The monoisotopic (exact) mass is 415 g/mol. The molecule has 0 aliphatic rings. The van der Waals surface area contributed by atoms with Crippen molar-refractivity contribution in [1.29, 1.82) is 0 Å². The van der Waals surface area contributed by atoms with Gasteiger partial charge in [0.05, 0.1) is 12.1 Å². The van der Waals surface area contributed by atoms with E-state index in [9.17, 15) is 18.0 Å². The van der Waals surface area contributed by atoms with Crippen LogP contribution in [0.4, 0.5) is 29.1 Å². The maximum atomic E-state index is 12.1. The van der Waals surface area contributed by atoms with E-state index in [0.717, 1.165) is 5.01 Å². The molecule has 12 heteroatoms. The Hall–Kier alpha value is -2.73.